The normalized spacial score (nSPS) is 21.9. The molecule has 2 aliphatic heterocycles. The van der Waals surface area contributed by atoms with E-state index in [1.165, 1.54) is 83.5 Å². The summed E-state index contributed by atoms with van der Waals surface area (Å²) in [5.74, 6) is 2.42. The SMILES string of the molecule is C.CN1CCC(C2c3ccccc3CCc3cccnc32)CC1.c1ccc2c(c1)CCc1cccnc1C2C1CCNCC1. The Balaban J connectivity index is 0.000000153. The Morgan fingerprint density at radius 3 is 1.52 bits per heavy atom. The number of pyridine rings is 2. The van der Waals surface area contributed by atoms with Crippen molar-refractivity contribution >= 4 is 0 Å². The van der Waals surface area contributed by atoms with Gasteiger partial charge < -0.3 is 10.2 Å². The van der Waals surface area contributed by atoms with Crippen molar-refractivity contribution in [1.82, 2.24) is 20.2 Å². The highest BCUT2D eigenvalue weighted by atomic mass is 15.1. The number of likely N-dealkylation sites (tertiary alicyclic amines) is 1. The molecule has 2 aliphatic carbocycles. The first-order chi connectivity index (χ1) is 21.3. The Labute approximate surface area is 265 Å². The van der Waals surface area contributed by atoms with Gasteiger partial charge in [-0.05, 0) is 142 Å². The van der Waals surface area contributed by atoms with Crippen molar-refractivity contribution in [1.29, 1.82) is 0 Å². The van der Waals surface area contributed by atoms with Crippen LogP contribution >= 0.6 is 0 Å². The third-order valence-corrected chi connectivity index (χ3v) is 10.6. The van der Waals surface area contributed by atoms with Crippen molar-refractivity contribution < 1.29 is 0 Å². The van der Waals surface area contributed by atoms with Gasteiger partial charge in [-0.15, -0.1) is 0 Å². The van der Waals surface area contributed by atoms with Gasteiger partial charge in [0.1, 0.15) is 0 Å². The van der Waals surface area contributed by atoms with E-state index in [-0.39, 0.29) is 7.43 Å². The van der Waals surface area contributed by atoms with Crippen LogP contribution in [0.4, 0.5) is 0 Å². The van der Waals surface area contributed by atoms with E-state index in [9.17, 15) is 0 Å². The summed E-state index contributed by atoms with van der Waals surface area (Å²) in [4.78, 5) is 12.1. The molecule has 4 heterocycles. The lowest BCUT2D eigenvalue weighted by atomic mass is 9.76. The van der Waals surface area contributed by atoms with Gasteiger partial charge in [-0.3, -0.25) is 9.97 Å². The molecule has 0 radical (unpaired) electrons. The van der Waals surface area contributed by atoms with Gasteiger partial charge in [0, 0.05) is 24.2 Å². The van der Waals surface area contributed by atoms with Gasteiger partial charge in [0.25, 0.3) is 0 Å². The Bertz CT molecular complexity index is 1420. The number of nitrogens with one attached hydrogen (secondary N) is 1. The highest BCUT2D eigenvalue weighted by Gasteiger charge is 2.34. The number of hydrogen-bond donors (Lipinski definition) is 1. The number of rotatable bonds is 2. The molecule has 2 fully saturated rings. The minimum absolute atomic E-state index is 0. The van der Waals surface area contributed by atoms with Crippen LogP contribution in [0.1, 0.15) is 89.7 Å². The number of benzene rings is 2. The lowest BCUT2D eigenvalue weighted by Gasteiger charge is -2.35. The van der Waals surface area contributed by atoms with Crippen LogP contribution < -0.4 is 5.32 Å². The standard InChI is InChI=1S/C20H24N2.C19H22N2.CH4/c1-22-13-10-16(11-14-22)19-18-7-3-2-5-15(18)8-9-17-6-4-12-21-20(17)19;1-2-6-17-14(4-1)7-8-16-5-3-11-21-19(16)18(17)15-9-12-20-13-10-15;/h2-7,12,16,19H,8-11,13-14H2,1H3;1-6,11,15,18,20H,7-10,12-13H2;1H4. The zero-order chi connectivity index (χ0) is 29.0. The van der Waals surface area contributed by atoms with Crippen molar-refractivity contribution in [2.75, 3.05) is 33.2 Å². The van der Waals surface area contributed by atoms with Crippen molar-refractivity contribution in [3.8, 4) is 0 Å². The third-order valence-electron chi connectivity index (χ3n) is 10.6. The average molecular weight is 587 g/mol. The molecule has 8 rings (SSSR count). The van der Waals surface area contributed by atoms with Gasteiger partial charge in [0.15, 0.2) is 0 Å². The predicted molar refractivity (Wildman–Crippen MR) is 182 cm³/mol. The zero-order valence-corrected chi connectivity index (χ0v) is 25.7. The van der Waals surface area contributed by atoms with Crippen molar-refractivity contribution in [2.24, 2.45) is 11.8 Å². The number of piperidine rings is 2. The third kappa shape index (κ3) is 6.39. The van der Waals surface area contributed by atoms with Gasteiger partial charge in [-0.25, -0.2) is 0 Å². The highest BCUT2D eigenvalue weighted by molar-refractivity contribution is 5.44. The summed E-state index contributed by atoms with van der Waals surface area (Å²) in [5, 5.41) is 3.50. The van der Waals surface area contributed by atoms with Crippen LogP contribution in [0.3, 0.4) is 0 Å². The summed E-state index contributed by atoms with van der Waals surface area (Å²) in [6.07, 6.45) is 13.6. The monoisotopic (exact) mass is 586 g/mol. The quantitative estimate of drug-likeness (QED) is 0.263. The fraction of sp³-hybridized carbons (Fsp3) is 0.450. The van der Waals surface area contributed by atoms with Crippen LogP contribution in [0.25, 0.3) is 0 Å². The Kier molecular flexibility index (Phi) is 9.88. The summed E-state index contributed by atoms with van der Waals surface area (Å²) in [6, 6.07) is 26.9. The van der Waals surface area contributed by atoms with Crippen molar-refractivity contribution in [3.05, 3.63) is 130 Å². The summed E-state index contributed by atoms with van der Waals surface area (Å²) in [6.45, 7) is 4.72. The first kappa shape index (κ1) is 30.7. The van der Waals surface area contributed by atoms with Crippen molar-refractivity contribution in [2.45, 2.75) is 70.6 Å². The smallest absolute Gasteiger partial charge is 0.0513 e. The first-order valence-corrected chi connectivity index (χ1v) is 16.7. The molecule has 2 atom stereocenters. The fourth-order valence-electron chi connectivity index (χ4n) is 8.34. The second-order valence-corrected chi connectivity index (χ2v) is 13.2. The van der Waals surface area contributed by atoms with E-state index in [1.807, 2.05) is 12.4 Å². The highest BCUT2D eigenvalue weighted by Crippen LogP contribution is 2.43. The molecule has 4 nitrogen and oxygen atoms in total. The molecule has 0 spiro atoms. The van der Waals surface area contributed by atoms with E-state index in [2.05, 4.69) is 90.1 Å². The zero-order valence-electron chi connectivity index (χ0n) is 25.7. The van der Waals surface area contributed by atoms with Crippen LogP contribution in [0.15, 0.2) is 85.2 Å². The summed E-state index contributed by atoms with van der Waals surface area (Å²) < 4.78 is 0. The number of nitrogens with zero attached hydrogens (tertiary/aromatic N) is 3. The number of aryl methyl sites for hydroxylation is 4. The molecule has 4 aromatic rings. The summed E-state index contributed by atoms with van der Waals surface area (Å²) >= 11 is 0. The van der Waals surface area contributed by atoms with E-state index in [0.29, 0.717) is 11.8 Å². The molecule has 2 saturated heterocycles. The summed E-state index contributed by atoms with van der Waals surface area (Å²) in [7, 11) is 2.24. The molecule has 230 valence electrons. The maximum absolute atomic E-state index is 4.84. The number of hydrogen-bond acceptors (Lipinski definition) is 4. The maximum atomic E-state index is 4.84. The van der Waals surface area contributed by atoms with E-state index in [0.717, 1.165) is 50.6 Å². The fourth-order valence-corrected chi connectivity index (χ4v) is 8.34. The molecule has 0 bridgehead atoms. The lowest BCUT2D eigenvalue weighted by molar-refractivity contribution is 0.206. The van der Waals surface area contributed by atoms with E-state index in [4.69, 9.17) is 9.97 Å². The largest absolute Gasteiger partial charge is 0.317 e. The minimum Gasteiger partial charge on any atom is -0.317 e. The molecule has 4 heteroatoms. The van der Waals surface area contributed by atoms with Gasteiger partial charge in [-0.2, -0.15) is 0 Å². The van der Waals surface area contributed by atoms with Gasteiger partial charge >= 0.3 is 0 Å². The van der Waals surface area contributed by atoms with E-state index >= 15 is 0 Å². The molecule has 44 heavy (non-hydrogen) atoms. The Morgan fingerprint density at radius 2 is 1.00 bits per heavy atom. The number of aromatic nitrogens is 2. The topological polar surface area (TPSA) is 41.1 Å². The van der Waals surface area contributed by atoms with Gasteiger partial charge in [0.05, 0.1) is 11.4 Å². The molecular weight excluding hydrogens is 536 g/mol. The summed E-state index contributed by atoms with van der Waals surface area (Å²) in [5.41, 5.74) is 11.7. The van der Waals surface area contributed by atoms with Gasteiger partial charge in [-0.1, -0.05) is 68.1 Å². The van der Waals surface area contributed by atoms with Crippen molar-refractivity contribution in [3.63, 3.8) is 0 Å². The minimum atomic E-state index is 0. The van der Waals surface area contributed by atoms with Crippen LogP contribution in [0.5, 0.6) is 0 Å². The van der Waals surface area contributed by atoms with Crippen LogP contribution in [-0.4, -0.2) is 48.1 Å². The molecule has 0 saturated carbocycles. The predicted octanol–water partition coefficient (Wildman–Crippen LogP) is 7.60. The Morgan fingerprint density at radius 1 is 0.568 bits per heavy atom. The second kappa shape index (κ2) is 14.2. The average Bonchev–Trinajstić information content (AvgIpc) is 3.34. The maximum Gasteiger partial charge on any atom is 0.0513 e. The van der Waals surface area contributed by atoms with E-state index in [1.54, 1.807) is 0 Å². The molecule has 4 aliphatic rings. The first-order valence-electron chi connectivity index (χ1n) is 16.7. The lowest BCUT2D eigenvalue weighted by Crippen LogP contribution is -2.33. The van der Waals surface area contributed by atoms with Crippen LogP contribution in [0.2, 0.25) is 0 Å². The molecule has 0 amide bonds. The second-order valence-electron chi connectivity index (χ2n) is 13.2. The molecule has 2 aromatic heterocycles. The number of fused-ring (bicyclic) bond motifs is 4. The molecule has 1 N–H and O–H groups in total. The van der Waals surface area contributed by atoms with Crippen LogP contribution in [0, 0.1) is 11.8 Å². The molecule has 2 aromatic carbocycles. The molecule has 2 unspecified atom stereocenters. The van der Waals surface area contributed by atoms with E-state index < -0.39 is 0 Å². The van der Waals surface area contributed by atoms with Gasteiger partial charge in [0.2, 0.25) is 0 Å². The Hall–Kier alpha value is -3.34. The molecular formula is C40H50N4. The van der Waals surface area contributed by atoms with Crippen LogP contribution in [-0.2, 0) is 25.7 Å².